The van der Waals surface area contributed by atoms with Gasteiger partial charge in [0, 0.05) is 43.7 Å². The van der Waals surface area contributed by atoms with Gasteiger partial charge >= 0.3 is 0 Å². The molecule has 1 aromatic heterocycles. The monoisotopic (exact) mass is 386 g/mol. The van der Waals surface area contributed by atoms with Gasteiger partial charge in [-0.25, -0.2) is 18.4 Å². The second-order valence-corrected chi connectivity index (χ2v) is 9.39. The van der Waals surface area contributed by atoms with E-state index in [0.717, 1.165) is 54.4 Å². The van der Waals surface area contributed by atoms with E-state index in [1.165, 1.54) is 19.1 Å². The van der Waals surface area contributed by atoms with Gasteiger partial charge in [0.2, 0.25) is 10.0 Å². The number of anilines is 1. The molecule has 6 nitrogen and oxygen atoms in total. The first-order chi connectivity index (χ1) is 13.0. The molecule has 2 aliphatic heterocycles. The Kier molecular flexibility index (Phi) is 5.14. The van der Waals surface area contributed by atoms with Crippen LogP contribution in [0.4, 0.5) is 5.82 Å². The Morgan fingerprint density at radius 2 is 1.63 bits per heavy atom. The fourth-order valence-corrected chi connectivity index (χ4v) is 4.70. The molecule has 0 N–H and O–H groups in total. The molecule has 0 radical (unpaired) electrons. The summed E-state index contributed by atoms with van der Waals surface area (Å²) in [6.45, 7) is 2.79. The second-order valence-electron chi connectivity index (χ2n) is 7.41. The van der Waals surface area contributed by atoms with Gasteiger partial charge in [0.15, 0.2) is 5.82 Å². The van der Waals surface area contributed by atoms with E-state index in [1.807, 2.05) is 30.3 Å². The predicted octanol–water partition coefficient (Wildman–Crippen LogP) is 2.84. The van der Waals surface area contributed by atoms with Gasteiger partial charge in [-0.3, -0.25) is 0 Å². The van der Waals surface area contributed by atoms with Gasteiger partial charge < -0.3 is 4.90 Å². The number of rotatable bonds is 3. The molecule has 1 aromatic carbocycles. The van der Waals surface area contributed by atoms with Crippen LogP contribution in [0.15, 0.2) is 30.3 Å². The molecular formula is C20H26N4O2S. The Hall–Kier alpha value is -1.99. The van der Waals surface area contributed by atoms with E-state index in [4.69, 9.17) is 9.97 Å². The Bertz CT molecular complexity index is 907. The molecule has 0 atom stereocenters. The third-order valence-corrected chi connectivity index (χ3v) is 6.66. The van der Waals surface area contributed by atoms with E-state index in [0.29, 0.717) is 19.5 Å². The van der Waals surface area contributed by atoms with Crippen LogP contribution in [0.1, 0.15) is 36.9 Å². The van der Waals surface area contributed by atoms with Gasteiger partial charge in [0.1, 0.15) is 5.82 Å². The van der Waals surface area contributed by atoms with E-state index in [2.05, 4.69) is 4.90 Å². The summed E-state index contributed by atoms with van der Waals surface area (Å²) in [5.41, 5.74) is 2.97. The van der Waals surface area contributed by atoms with Crippen LogP contribution < -0.4 is 4.90 Å². The van der Waals surface area contributed by atoms with Crippen molar-refractivity contribution >= 4 is 15.8 Å². The SMILES string of the molecule is CS(=O)(=O)N1CCc2nc(-c3ccccc3)nc(N3CCCCCC3)c2C1. The highest BCUT2D eigenvalue weighted by atomic mass is 32.2. The zero-order valence-electron chi connectivity index (χ0n) is 15.8. The number of hydrogen-bond donors (Lipinski definition) is 0. The normalized spacial score (nSPS) is 18.8. The molecule has 0 unspecified atom stereocenters. The molecule has 3 heterocycles. The van der Waals surface area contributed by atoms with Crippen LogP contribution in [-0.4, -0.2) is 48.6 Å². The van der Waals surface area contributed by atoms with Gasteiger partial charge in [-0.2, -0.15) is 4.31 Å². The lowest BCUT2D eigenvalue weighted by atomic mass is 10.1. The van der Waals surface area contributed by atoms with Gasteiger partial charge in [-0.1, -0.05) is 43.2 Å². The number of benzene rings is 1. The summed E-state index contributed by atoms with van der Waals surface area (Å²) in [6, 6.07) is 10.0. The molecule has 144 valence electrons. The van der Waals surface area contributed by atoms with Crippen molar-refractivity contribution in [1.82, 2.24) is 14.3 Å². The van der Waals surface area contributed by atoms with Crippen molar-refractivity contribution in [2.24, 2.45) is 0 Å². The van der Waals surface area contributed by atoms with Crippen LogP contribution in [0.5, 0.6) is 0 Å². The van der Waals surface area contributed by atoms with Crippen LogP contribution >= 0.6 is 0 Å². The summed E-state index contributed by atoms with van der Waals surface area (Å²) in [4.78, 5) is 12.1. The Morgan fingerprint density at radius 3 is 2.30 bits per heavy atom. The summed E-state index contributed by atoms with van der Waals surface area (Å²) >= 11 is 0. The fraction of sp³-hybridized carbons (Fsp3) is 0.500. The lowest BCUT2D eigenvalue weighted by molar-refractivity contribution is 0.390. The van der Waals surface area contributed by atoms with Crippen molar-refractivity contribution in [2.45, 2.75) is 38.6 Å². The molecule has 7 heteroatoms. The molecule has 1 saturated heterocycles. The summed E-state index contributed by atoms with van der Waals surface area (Å²) < 4.78 is 25.7. The highest BCUT2D eigenvalue weighted by molar-refractivity contribution is 7.88. The topological polar surface area (TPSA) is 66.4 Å². The molecule has 0 spiro atoms. The fourth-order valence-electron chi connectivity index (χ4n) is 3.92. The van der Waals surface area contributed by atoms with Crippen LogP contribution in [0, 0.1) is 0 Å². The molecule has 4 rings (SSSR count). The minimum absolute atomic E-state index is 0.370. The maximum Gasteiger partial charge on any atom is 0.211 e. The summed E-state index contributed by atoms with van der Waals surface area (Å²) in [6.07, 6.45) is 6.69. The summed E-state index contributed by atoms with van der Waals surface area (Å²) in [5, 5.41) is 0. The quantitative estimate of drug-likeness (QED) is 0.811. The van der Waals surface area contributed by atoms with E-state index in [1.54, 1.807) is 4.31 Å². The Morgan fingerprint density at radius 1 is 0.926 bits per heavy atom. The molecule has 0 aliphatic carbocycles. The first kappa shape index (κ1) is 18.4. The number of hydrogen-bond acceptors (Lipinski definition) is 5. The van der Waals surface area contributed by atoms with Gasteiger partial charge in [0.25, 0.3) is 0 Å². The van der Waals surface area contributed by atoms with Crippen molar-refractivity contribution in [3.05, 3.63) is 41.6 Å². The van der Waals surface area contributed by atoms with Crippen molar-refractivity contribution < 1.29 is 8.42 Å². The molecular weight excluding hydrogens is 360 g/mol. The molecule has 0 bridgehead atoms. The van der Waals surface area contributed by atoms with Gasteiger partial charge in [-0.05, 0) is 12.8 Å². The van der Waals surface area contributed by atoms with Crippen molar-refractivity contribution in [3.63, 3.8) is 0 Å². The molecule has 0 amide bonds. The first-order valence-electron chi connectivity index (χ1n) is 9.67. The standard InChI is InChI=1S/C20H26N4O2S/c1-27(25,26)24-14-11-18-17(15-24)20(23-12-7-2-3-8-13-23)22-19(21-18)16-9-5-4-6-10-16/h4-6,9-10H,2-3,7-8,11-15H2,1H3. The van der Waals surface area contributed by atoms with E-state index in [9.17, 15) is 8.42 Å². The summed E-state index contributed by atoms with van der Waals surface area (Å²) in [5.74, 6) is 1.66. The minimum Gasteiger partial charge on any atom is -0.356 e. The number of sulfonamides is 1. The number of aromatic nitrogens is 2. The number of nitrogens with zero attached hydrogens (tertiary/aromatic N) is 4. The highest BCUT2D eigenvalue weighted by Crippen LogP contribution is 2.31. The smallest absolute Gasteiger partial charge is 0.211 e. The average Bonchev–Trinajstić information content (AvgIpc) is 2.96. The third-order valence-electron chi connectivity index (χ3n) is 5.41. The zero-order chi connectivity index (χ0) is 18.9. The first-order valence-corrected chi connectivity index (χ1v) is 11.5. The van der Waals surface area contributed by atoms with E-state index < -0.39 is 10.0 Å². The molecule has 1 fully saturated rings. The van der Waals surface area contributed by atoms with Crippen molar-refractivity contribution in [2.75, 3.05) is 30.8 Å². The van der Waals surface area contributed by atoms with E-state index >= 15 is 0 Å². The summed E-state index contributed by atoms with van der Waals surface area (Å²) in [7, 11) is -3.23. The number of fused-ring (bicyclic) bond motifs is 1. The lowest BCUT2D eigenvalue weighted by Gasteiger charge is -2.31. The lowest BCUT2D eigenvalue weighted by Crippen LogP contribution is -2.37. The Labute approximate surface area is 161 Å². The second kappa shape index (κ2) is 7.56. The van der Waals surface area contributed by atoms with E-state index in [-0.39, 0.29) is 0 Å². The van der Waals surface area contributed by atoms with Crippen LogP contribution in [0.25, 0.3) is 11.4 Å². The van der Waals surface area contributed by atoms with Gasteiger partial charge in [0.05, 0.1) is 11.9 Å². The van der Waals surface area contributed by atoms with Crippen LogP contribution in [0.2, 0.25) is 0 Å². The zero-order valence-corrected chi connectivity index (χ0v) is 16.6. The average molecular weight is 387 g/mol. The third kappa shape index (κ3) is 3.99. The van der Waals surface area contributed by atoms with Crippen molar-refractivity contribution in [1.29, 1.82) is 0 Å². The maximum absolute atomic E-state index is 12.1. The molecule has 27 heavy (non-hydrogen) atoms. The van der Waals surface area contributed by atoms with Gasteiger partial charge in [-0.15, -0.1) is 0 Å². The Balaban J connectivity index is 1.80. The van der Waals surface area contributed by atoms with Crippen LogP contribution in [0.3, 0.4) is 0 Å². The van der Waals surface area contributed by atoms with Crippen molar-refractivity contribution in [3.8, 4) is 11.4 Å². The van der Waals surface area contributed by atoms with Crippen LogP contribution in [-0.2, 0) is 23.0 Å². The highest BCUT2D eigenvalue weighted by Gasteiger charge is 2.29. The largest absolute Gasteiger partial charge is 0.356 e. The molecule has 2 aromatic rings. The molecule has 2 aliphatic rings. The minimum atomic E-state index is -3.23. The molecule has 0 saturated carbocycles. The predicted molar refractivity (Wildman–Crippen MR) is 107 cm³/mol. The maximum atomic E-state index is 12.1.